The fourth-order valence-electron chi connectivity index (χ4n) is 7.42. The number of carbonyl (C=O) groups excluding carboxylic acids is 4. The molecule has 0 unspecified atom stereocenters. The van der Waals surface area contributed by atoms with Crippen molar-refractivity contribution in [1.29, 1.82) is 5.26 Å². The molecule has 6 aromatic carbocycles. The molecule has 2 aromatic heterocycles. The quantitative estimate of drug-likeness (QED) is 0.0560. The van der Waals surface area contributed by atoms with Gasteiger partial charge in [-0.3, -0.25) is 19.6 Å². The van der Waals surface area contributed by atoms with Crippen molar-refractivity contribution in [2.24, 2.45) is 5.73 Å². The highest BCUT2D eigenvalue weighted by molar-refractivity contribution is 8.68. The predicted octanol–water partition coefficient (Wildman–Crippen LogP) is 14.4. The zero-order valence-corrected chi connectivity index (χ0v) is 50.4. The number of anilines is 2. The lowest BCUT2D eigenvalue weighted by atomic mass is 10.1. The van der Waals surface area contributed by atoms with E-state index in [1.165, 1.54) is 24.5 Å². The number of aryl methyl sites for hydroxylation is 2. The van der Waals surface area contributed by atoms with E-state index >= 15 is 0 Å². The summed E-state index contributed by atoms with van der Waals surface area (Å²) in [6.07, 6.45) is 0.448. The highest BCUT2D eigenvalue weighted by Gasteiger charge is 2.30. The summed E-state index contributed by atoms with van der Waals surface area (Å²) < 4.78 is 22.1. The molecule has 4 amide bonds. The summed E-state index contributed by atoms with van der Waals surface area (Å²) in [4.78, 5) is 62.1. The molecule has 82 heavy (non-hydrogen) atoms. The van der Waals surface area contributed by atoms with Crippen molar-refractivity contribution in [2.75, 3.05) is 9.80 Å². The van der Waals surface area contributed by atoms with E-state index in [4.69, 9.17) is 89.4 Å². The summed E-state index contributed by atoms with van der Waals surface area (Å²) in [7, 11) is 0. The molecule has 0 spiro atoms. The van der Waals surface area contributed by atoms with Crippen molar-refractivity contribution < 1.29 is 38.1 Å². The summed E-state index contributed by atoms with van der Waals surface area (Å²) in [6, 6.07) is 53.1. The zero-order valence-electron chi connectivity index (χ0n) is 45.4. The first-order valence-corrected chi connectivity index (χ1v) is 30.4. The molecule has 8 aromatic rings. The van der Waals surface area contributed by atoms with Crippen molar-refractivity contribution in [3.8, 4) is 29.1 Å². The van der Waals surface area contributed by atoms with Crippen molar-refractivity contribution in [3.63, 3.8) is 0 Å². The summed E-state index contributed by atoms with van der Waals surface area (Å²) in [5.74, 6) is 1.38. The van der Waals surface area contributed by atoms with Gasteiger partial charge in [0.1, 0.15) is 28.0 Å². The van der Waals surface area contributed by atoms with Crippen molar-refractivity contribution >= 4 is 116 Å². The van der Waals surface area contributed by atoms with Crippen LogP contribution in [0, 0.1) is 25.2 Å². The first kappa shape index (κ1) is 63.2. The largest absolute Gasteiger partial charge is 0.457 e. The fraction of sp³-hybridized carbons (Fsp3) is 0.161. The van der Waals surface area contributed by atoms with Crippen LogP contribution in [0.1, 0.15) is 61.3 Å². The molecule has 0 bridgehead atoms. The minimum atomic E-state index is -1.87. The smallest absolute Gasteiger partial charge is 0.421 e. The highest BCUT2D eigenvalue weighted by atomic mass is 35.5. The van der Waals surface area contributed by atoms with Gasteiger partial charge in [0.2, 0.25) is 11.8 Å². The number of nitriles is 1. The number of hydrogen-bond donors (Lipinski definition) is 2. The van der Waals surface area contributed by atoms with Crippen molar-refractivity contribution in [1.82, 2.24) is 9.97 Å². The lowest BCUT2D eigenvalue weighted by molar-refractivity contribution is -0.118. The Balaban J connectivity index is 0.000000212. The first-order valence-electron chi connectivity index (χ1n) is 25.3. The Morgan fingerprint density at radius 3 is 1.26 bits per heavy atom. The number of nitrogens with two attached hydrogens (primary N) is 1. The molecular weight excluding hydrogens is 1150 g/mol. The lowest BCUT2D eigenvalue weighted by Gasteiger charge is -2.23. The van der Waals surface area contributed by atoms with Gasteiger partial charge in [0.15, 0.2) is 0 Å². The van der Waals surface area contributed by atoms with E-state index in [2.05, 4.69) is 40.3 Å². The number of nitrogens with zero attached hydrogens (tertiary/aromatic N) is 5. The molecule has 2 N–H and O–H groups in total. The van der Waals surface area contributed by atoms with Crippen LogP contribution in [0.4, 0.5) is 21.0 Å². The predicted molar refractivity (Wildman–Crippen MR) is 336 cm³/mol. The van der Waals surface area contributed by atoms with Crippen LogP contribution in [0.5, 0.6) is 23.0 Å². The number of thiol groups is 1. The van der Waals surface area contributed by atoms with Crippen LogP contribution in [0.3, 0.4) is 0 Å². The molecular formula is C62H57Cl2N6O8PS3. The second-order valence-electron chi connectivity index (χ2n) is 18.4. The van der Waals surface area contributed by atoms with Gasteiger partial charge in [-0.25, -0.2) is 19.4 Å². The highest BCUT2D eigenvalue weighted by Crippen LogP contribution is 2.48. The third kappa shape index (κ3) is 18.0. The Labute approximate surface area is 502 Å². The van der Waals surface area contributed by atoms with Crippen LogP contribution < -0.4 is 35.6 Å². The van der Waals surface area contributed by atoms with Gasteiger partial charge >= 0.3 is 12.2 Å². The molecule has 14 nitrogen and oxygen atoms in total. The van der Waals surface area contributed by atoms with E-state index in [0.717, 1.165) is 26.0 Å². The molecule has 420 valence electrons. The van der Waals surface area contributed by atoms with Gasteiger partial charge in [-0.1, -0.05) is 132 Å². The van der Waals surface area contributed by atoms with E-state index in [0.29, 0.717) is 56.1 Å². The van der Waals surface area contributed by atoms with Crippen LogP contribution in [0.2, 0.25) is 10.0 Å². The molecule has 0 fully saturated rings. The van der Waals surface area contributed by atoms with E-state index in [9.17, 15) is 19.2 Å². The second kappa shape index (κ2) is 30.2. The maximum atomic E-state index is 13.2. The number of carbonyl (C=O) groups is 4. The average Bonchev–Trinajstić information content (AvgIpc) is 3.59. The standard InChI is InChI=1S/C25H24ClN3O4S.C25H22ClN3O4.C12H11PS2/c1-15(2)32-25(31)29(21-12-13-28-16(3)23(21)26)22(30)14-17-4-8-19(9-5-17)33-20-10-6-18(7-11-20)24(27)34;1-16(2)32-25(31)29(22-12-13-28-17(3)24(22)26)23(30)14-18-4-8-20(9-5-18)33-21-10-6-19(15-27)7-11-21;14-13(15,11-7-3-1-4-8-11)12-9-5-2-6-10-12/h4-13,15H,14H2,1-3H3,(H2,27,34);4-13,16H,14H2,1-3H3;1-10H,(H,14,15). The molecule has 0 radical (unpaired) electrons. The van der Waals surface area contributed by atoms with Crippen LogP contribution in [0.25, 0.3) is 0 Å². The number of amides is 4. The number of imide groups is 2. The van der Waals surface area contributed by atoms with E-state index < -0.39 is 41.4 Å². The van der Waals surface area contributed by atoms with Crippen LogP contribution >= 0.6 is 52.9 Å². The molecule has 0 aliphatic carbocycles. The number of hydrogen-bond acceptors (Lipinski definition) is 13. The SMILES string of the molecule is Cc1nccc(N(C(=O)Cc2ccc(Oc3ccc(C#N)cc3)cc2)C(=O)OC(C)C)c1Cl.Cc1nccc(N(C(=O)Cc2ccc(Oc3ccc(C(N)=S)cc3)cc2)C(=O)OC(C)C)c1Cl.S=P(S)(c1ccccc1)c1ccccc1. The van der Waals surface area contributed by atoms with Gasteiger partial charge in [0.25, 0.3) is 0 Å². The van der Waals surface area contributed by atoms with Gasteiger partial charge in [-0.2, -0.15) is 5.26 Å². The van der Waals surface area contributed by atoms with Gasteiger partial charge in [-0.15, -0.1) is 12.2 Å². The topological polar surface area (TPSA) is 187 Å². The zero-order chi connectivity index (χ0) is 59.5. The fourth-order valence-corrected chi connectivity index (χ4v) is 10.9. The lowest BCUT2D eigenvalue weighted by Crippen LogP contribution is -2.40. The molecule has 0 saturated carbocycles. The number of pyridine rings is 2. The maximum absolute atomic E-state index is 13.2. The van der Waals surface area contributed by atoms with E-state index in [-0.39, 0.29) is 34.3 Å². The Kier molecular flexibility index (Phi) is 23.3. The van der Waals surface area contributed by atoms with Gasteiger partial charge in [-0.05, 0) is 148 Å². The minimum Gasteiger partial charge on any atom is -0.457 e. The Morgan fingerprint density at radius 1 is 0.585 bits per heavy atom. The summed E-state index contributed by atoms with van der Waals surface area (Å²) >= 11 is 28.0. The normalized spacial score (nSPS) is 10.7. The number of halogens is 2. The number of aromatic nitrogens is 2. The maximum Gasteiger partial charge on any atom is 0.421 e. The molecule has 20 heteroatoms. The number of ether oxygens (including phenoxy) is 4. The molecule has 0 atom stereocenters. The van der Waals surface area contributed by atoms with Gasteiger partial charge in [0, 0.05) is 18.0 Å². The summed E-state index contributed by atoms with van der Waals surface area (Å²) in [5, 5.41) is 9.72. The van der Waals surface area contributed by atoms with Crippen LogP contribution in [0.15, 0.2) is 182 Å². The van der Waals surface area contributed by atoms with E-state index in [1.807, 2.05) is 36.4 Å². The Morgan fingerprint density at radius 2 is 0.927 bits per heavy atom. The van der Waals surface area contributed by atoms with Gasteiger partial charge < -0.3 is 24.7 Å². The number of rotatable bonds is 15. The first-order chi connectivity index (χ1) is 39.1. The number of thiocarbonyl (C=S) groups is 1. The van der Waals surface area contributed by atoms with Crippen LogP contribution in [-0.4, -0.2) is 51.2 Å². The minimum absolute atomic E-state index is 0.0478. The summed E-state index contributed by atoms with van der Waals surface area (Å²) in [6.45, 7) is 10.2. The molecule has 8 rings (SSSR count). The van der Waals surface area contributed by atoms with Crippen molar-refractivity contribution in [3.05, 3.63) is 226 Å². The number of benzene rings is 6. The van der Waals surface area contributed by atoms with E-state index in [1.54, 1.807) is 139 Å². The van der Waals surface area contributed by atoms with Crippen LogP contribution in [-0.2, 0) is 43.7 Å². The molecule has 0 saturated heterocycles. The van der Waals surface area contributed by atoms with Crippen molar-refractivity contribution in [2.45, 2.75) is 66.6 Å². The van der Waals surface area contributed by atoms with Gasteiger partial charge in [0.05, 0.1) is 74.7 Å². The average molecular weight is 1210 g/mol. The third-order valence-electron chi connectivity index (χ3n) is 11.5. The monoisotopic (exact) mass is 1210 g/mol. The Bertz CT molecular complexity index is 3550. The molecule has 0 aliphatic heterocycles. The Hall–Kier alpha value is -7.94. The molecule has 2 heterocycles. The second-order valence-corrected chi connectivity index (χ2v) is 26.0. The summed E-state index contributed by atoms with van der Waals surface area (Å²) in [5.41, 5.74) is 9.71. The third-order valence-corrected chi connectivity index (χ3v) is 17.3. The molecule has 0 aliphatic rings.